The van der Waals surface area contributed by atoms with Crippen molar-refractivity contribution >= 4 is 10.9 Å². The largest absolute Gasteiger partial charge is 0.358 e. The van der Waals surface area contributed by atoms with Crippen LogP contribution in [0.3, 0.4) is 0 Å². The molecule has 1 aromatic heterocycles. The second kappa shape index (κ2) is 7.02. The number of hydrogen-bond donors (Lipinski definition) is 1. The molecule has 1 aromatic carbocycles. The number of nitrogens with one attached hydrogen (secondary N) is 1. The van der Waals surface area contributed by atoms with Gasteiger partial charge in [0.1, 0.15) is 0 Å². The van der Waals surface area contributed by atoms with Crippen LogP contribution in [0.1, 0.15) is 76.6 Å². The Bertz CT molecular complexity index is 941. The molecule has 2 atom stereocenters. The second-order valence-electron chi connectivity index (χ2n) is 10.7. The van der Waals surface area contributed by atoms with Crippen molar-refractivity contribution in [2.75, 3.05) is 6.54 Å². The minimum atomic E-state index is 0.232. The summed E-state index contributed by atoms with van der Waals surface area (Å²) in [6.45, 7) is 13.4. The zero-order valence-corrected chi connectivity index (χ0v) is 18.3. The standard InChI is InChI=1S/C25H36N2O/c1-6-7-8-18-9-10-22-20(11-18)23(28)21(17(2)26-22)14-27-16-25(5)13-19(27)12-24(3,4)15-25/h9-11,19H,6-8,12-16H2,1-5H3,(H,26,28). The highest BCUT2D eigenvalue weighted by molar-refractivity contribution is 5.80. The summed E-state index contributed by atoms with van der Waals surface area (Å²) in [6.07, 6.45) is 7.22. The zero-order chi connectivity index (χ0) is 20.1. The van der Waals surface area contributed by atoms with Gasteiger partial charge in [-0.15, -0.1) is 0 Å². The Morgan fingerprint density at radius 1 is 1.21 bits per heavy atom. The molecule has 2 heterocycles. The lowest BCUT2D eigenvalue weighted by molar-refractivity contribution is 0.126. The van der Waals surface area contributed by atoms with Gasteiger partial charge in [-0.3, -0.25) is 9.69 Å². The number of aryl methyl sites for hydroxylation is 2. The van der Waals surface area contributed by atoms with E-state index < -0.39 is 0 Å². The number of pyridine rings is 1. The topological polar surface area (TPSA) is 36.1 Å². The molecule has 152 valence electrons. The average molecular weight is 381 g/mol. The highest BCUT2D eigenvalue weighted by atomic mass is 16.1. The van der Waals surface area contributed by atoms with E-state index in [1.807, 2.05) is 0 Å². The summed E-state index contributed by atoms with van der Waals surface area (Å²) in [5.74, 6) is 0. The van der Waals surface area contributed by atoms with Crippen molar-refractivity contribution in [3.05, 3.63) is 45.2 Å². The van der Waals surface area contributed by atoms with Crippen LogP contribution in [0.25, 0.3) is 10.9 Å². The van der Waals surface area contributed by atoms with E-state index in [1.165, 1.54) is 37.7 Å². The fraction of sp³-hybridized carbons (Fsp3) is 0.640. The molecule has 1 N–H and O–H groups in total. The van der Waals surface area contributed by atoms with Gasteiger partial charge in [0.15, 0.2) is 5.43 Å². The van der Waals surface area contributed by atoms with E-state index in [0.717, 1.165) is 41.7 Å². The number of rotatable bonds is 5. The quantitative estimate of drug-likeness (QED) is 0.735. The van der Waals surface area contributed by atoms with Gasteiger partial charge in [-0.05, 0) is 67.6 Å². The highest BCUT2D eigenvalue weighted by Gasteiger charge is 2.49. The number of fused-ring (bicyclic) bond motifs is 3. The number of aromatic amines is 1. The highest BCUT2D eigenvalue weighted by Crippen LogP contribution is 2.52. The molecular weight excluding hydrogens is 344 g/mol. The molecule has 2 bridgehead atoms. The van der Waals surface area contributed by atoms with Crippen LogP contribution in [0.4, 0.5) is 0 Å². The van der Waals surface area contributed by atoms with Gasteiger partial charge in [0.25, 0.3) is 0 Å². The fourth-order valence-electron chi connectivity index (χ4n) is 6.19. The third-order valence-corrected chi connectivity index (χ3v) is 7.08. The Hall–Kier alpha value is -1.61. The molecule has 28 heavy (non-hydrogen) atoms. The van der Waals surface area contributed by atoms with Crippen LogP contribution < -0.4 is 5.43 Å². The summed E-state index contributed by atoms with van der Waals surface area (Å²) < 4.78 is 0. The molecule has 1 saturated carbocycles. The zero-order valence-electron chi connectivity index (χ0n) is 18.3. The minimum absolute atomic E-state index is 0.232. The van der Waals surface area contributed by atoms with Crippen LogP contribution >= 0.6 is 0 Å². The Labute approximate surface area is 169 Å². The molecule has 0 radical (unpaired) electrons. The number of nitrogens with zero attached hydrogens (tertiary/aromatic N) is 1. The number of likely N-dealkylation sites (tertiary alicyclic amines) is 1. The predicted octanol–water partition coefficient (Wildman–Crippen LogP) is 5.58. The van der Waals surface area contributed by atoms with E-state index in [-0.39, 0.29) is 5.43 Å². The van der Waals surface area contributed by atoms with Crippen LogP contribution in [0.5, 0.6) is 0 Å². The van der Waals surface area contributed by atoms with Crippen molar-refractivity contribution in [1.29, 1.82) is 0 Å². The smallest absolute Gasteiger partial charge is 0.194 e. The predicted molar refractivity (Wildman–Crippen MR) is 118 cm³/mol. The van der Waals surface area contributed by atoms with Crippen LogP contribution in [0, 0.1) is 17.8 Å². The molecule has 2 aliphatic rings. The van der Waals surface area contributed by atoms with E-state index in [4.69, 9.17) is 0 Å². The SMILES string of the molecule is CCCCc1ccc2[nH]c(C)c(CN3CC4(C)CC3CC(C)(C)C4)c(=O)c2c1. The first kappa shape index (κ1) is 19.7. The van der Waals surface area contributed by atoms with Gasteiger partial charge in [0.2, 0.25) is 0 Å². The number of aromatic nitrogens is 1. The third-order valence-electron chi connectivity index (χ3n) is 7.08. The van der Waals surface area contributed by atoms with Gasteiger partial charge in [-0.25, -0.2) is 0 Å². The summed E-state index contributed by atoms with van der Waals surface area (Å²) in [5, 5.41) is 0.864. The van der Waals surface area contributed by atoms with E-state index in [9.17, 15) is 4.79 Å². The van der Waals surface area contributed by atoms with Gasteiger partial charge in [-0.1, -0.05) is 40.2 Å². The number of benzene rings is 1. The van der Waals surface area contributed by atoms with Gasteiger partial charge < -0.3 is 4.98 Å². The van der Waals surface area contributed by atoms with Crippen LogP contribution in [0.15, 0.2) is 23.0 Å². The molecule has 3 nitrogen and oxygen atoms in total. The lowest BCUT2D eigenvalue weighted by atomic mass is 9.65. The van der Waals surface area contributed by atoms with Crippen LogP contribution in [0.2, 0.25) is 0 Å². The lowest BCUT2D eigenvalue weighted by Gasteiger charge is -2.40. The Morgan fingerprint density at radius 3 is 2.75 bits per heavy atom. The molecule has 4 rings (SSSR count). The molecule has 1 aliphatic heterocycles. The van der Waals surface area contributed by atoms with E-state index >= 15 is 0 Å². The van der Waals surface area contributed by atoms with Crippen molar-refractivity contribution in [3.63, 3.8) is 0 Å². The molecule has 0 amide bonds. The fourth-order valence-corrected chi connectivity index (χ4v) is 6.19. The van der Waals surface area contributed by atoms with Crippen molar-refractivity contribution in [2.45, 2.75) is 85.7 Å². The summed E-state index contributed by atoms with van der Waals surface area (Å²) in [7, 11) is 0. The van der Waals surface area contributed by atoms with Crippen molar-refractivity contribution in [2.24, 2.45) is 10.8 Å². The average Bonchev–Trinajstić information content (AvgIpc) is 2.85. The van der Waals surface area contributed by atoms with Gasteiger partial charge in [0.05, 0.1) is 0 Å². The maximum atomic E-state index is 13.4. The lowest BCUT2D eigenvalue weighted by Crippen LogP contribution is -2.35. The Balaban J connectivity index is 1.66. The summed E-state index contributed by atoms with van der Waals surface area (Å²) in [4.78, 5) is 19.5. The molecule has 1 saturated heterocycles. The Morgan fingerprint density at radius 2 is 2.00 bits per heavy atom. The van der Waals surface area contributed by atoms with Crippen molar-refractivity contribution in [3.8, 4) is 0 Å². The molecule has 0 spiro atoms. The molecule has 1 aliphatic carbocycles. The summed E-state index contributed by atoms with van der Waals surface area (Å²) in [6, 6.07) is 6.99. The molecule has 3 heteroatoms. The minimum Gasteiger partial charge on any atom is -0.358 e. The third kappa shape index (κ3) is 3.66. The normalized spacial score (nSPS) is 26.8. The molecule has 2 aromatic rings. The van der Waals surface area contributed by atoms with E-state index in [2.05, 4.69) is 62.7 Å². The van der Waals surface area contributed by atoms with E-state index in [0.29, 0.717) is 16.9 Å². The molecule has 2 fully saturated rings. The van der Waals surface area contributed by atoms with E-state index in [1.54, 1.807) is 0 Å². The Kier molecular flexibility index (Phi) is 4.94. The first-order valence-electron chi connectivity index (χ1n) is 11.1. The molecule has 2 unspecified atom stereocenters. The maximum absolute atomic E-state index is 13.4. The number of H-pyrrole nitrogens is 1. The van der Waals surface area contributed by atoms with Gasteiger partial charge >= 0.3 is 0 Å². The van der Waals surface area contributed by atoms with Crippen molar-refractivity contribution in [1.82, 2.24) is 9.88 Å². The van der Waals surface area contributed by atoms with Crippen LogP contribution in [-0.4, -0.2) is 22.5 Å². The number of unbranched alkanes of at least 4 members (excludes halogenated alkanes) is 1. The van der Waals surface area contributed by atoms with Gasteiger partial charge in [-0.2, -0.15) is 0 Å². The van der Waals surface area contributed by atoms with Crippen molar-refractivity contribution < 1.29 is 0 Å². The summed E-state index contributed by atoms with van der Waals surface area (Å²) in [5.41, 5.74) is 5.29. The van der Waals surface area contributed by atoms with Gasteiger partial charge in [0, 0.05) is 41.3 Å². The first-order valence-corrected chi connectivity index (χ1v) is 11.1. The molecular formula is C25H36N2O. The first-order chi connectivity index (χ1) is 13.2. The second-order valence-corrected chi connectivity index (χ2v) is 10.7. The number of hydrogen-bond acceptors (Lipinski definition) is 2. The summed E-state index contributed by atoms with van der Waals surface area (Å²) >= 11 is 0. The monoisotopic (exact) mass is 380 g/mol. The van der Waals surface area contributed by atoms with Crippen LogP contribution in [-0.2, 0) is 13.0 Å². The maximum Gasteiger partial charge on any atom is 0.194 e.